The van der Waals surface area contributed by atoms with Gasteiger partial charge in [-0.2, -0.15) is 0 Å². The van der Waals surface area contributed by atoms with Gasteiger partial charge in [-0.3, -0.25) is 10.1 Å². The zero-order chi connectivity index (χ0) is 12.1. The number of nitrogens with two attached hydrogens (primary N) is 1. The average Bonchev–Trinajstić information content (AvgIpc) is 2.30. The van der Waals surface area contributed by atoms with Gasteiger partial charge in [-0.15, -0.1) is 0 Å². The summed E-state index contributed by atoms with van der Waals surface area (Å²) in [6, 6.07) is 4.24. The van der Waals surface area contributed by atoms with Gasteiger partial charge >= 0.3 is 0 Å². The summed E-state index contributed by atoms with van der Waals surface area (Å²) < 4.78 is 5.08. The highest BCUT2D eigenvalue weighted by Crippen LogP contribution is 2.29. The molecular formula is C10H14N2O4. The molecule has 0 spiro atoms. The Morgan fingerprint density at radius 1 is 1.62 bits per heavy atom. The first kappa shape index (κ1) is 12.4. The number of benzene rings is 1. The van der Waals surface area contributed by atoms with Crippen molar-refractivity contribution in [1.82, 2.24) is 0 Å². The second-order valence-corrected chi connectivity index (χ2v) is 3.30. The van der Waals surface area contributed by atoms with Crippen molar-refractivity contribution < 1.29 is 14.8 Å². The largest absolute Gasteiger partial charge is 0.496 e. The fourth-order valence-corrected chi connectivity index (χ4v) is 1.45. The lowest BCUT2D eigenvalue weighted by Gasteiger charge is -2.15. The van der Waals surface area contributed by atoms with Crippen LogP contribution in [0.3, 0.4) is 0 Å². The quantitative estimate of drug-likeness (QED) is 0.567. The zero-order valence-electron chi connectivity index (χ0n) is 8.92. The van der Waals surface area contributed by atoms with Crippen LogP contribution in [0.15, 0.2) is 18.2 Å². The zero-order valence-corrected chi connectivity index (χ0v) is 8.92. The SMILES string of the molecule is COc1ccc([N+](=O)[O-])cc1C(CN)CO. The molecule has 0 fully saturated rings. The van der Waals surface area contributed by atoms with Crippen LogP contribution < -0.4 is 10.5 Å². The van der Waals surface area contributed by atoms with Crippen molar-refractivity contribution in [1.29, 1.82) is 0 Å². The van der Waals surface area contributed by atoms with Crippen LogP contribution in [0.2, 0.25) is 0 Å². The molecule has 0 aliphatic rings. The van der Waals surface area contributed by atoms with Gasteiger partial charge in [0.25, 0.3) is 5.69 Å². The number of nitro groups is 1. The summed E-state index contributed by atoms with van der Waals surface area (Å²) in [6.45, 7) is 0.0298. The first-order chi connectivity index (χ1) is 7.63. The summed E-state index contributed by atoms with van der Waals surface area (Å²) >= 11 is 0. The van der Waals surface area contributed by atoms with Crippen LogP contribution in [-0.4, -0.2) is 30.3 Å². The Morgan fingerprint density at radius 3 is 2.75 bits per heavy atom. The van der Waals surface area contributed by atoms with Crippen molar-refractivity contribution in [2.45, 2.75) is 5.92 Å². The maximum Gasteiger partial charge on any atom is 0.269 e. The molecule has 0 aliphatic carbocycles. The number of nitrogens with zero attached hydrogens (tertiary/aromatic N) is 1. The van der Waals surface area contributed by atoms with Crippen molar-refractivity contribution in [2.75, 3.05) is 20.3 Å². The van der Waals surface area contributed by atoms with Gasteiger partial charge in [-0.25, -0.2) is 0 Å². The third kappa shape index (κ3) is 2.47. The van der Waals surface area contributed by atoms with E-state index in [0.717, 1.165) is 0 Å². The molecular weight excluding hydrogens is 212 g/mol. The molecule has 0 bridgehead atoms. The number of hydrogen-bond acceptors (Lipinski definition) is 5. The van der Waals surface area contributed by atoms with Gasteiger partial charge in [0.2, 0.25) is 0 Å². The molecule has 1 rings (SSSR count). The first-order valence-electron chi connectivity index (χ1n) is 4.77. The second kappa shape index (κ2) is 5.43. The maximum absolute atomic E-state index is 10.6. The summed E-state index contributed by atoms with van der Waals surface area (Å²) in [7, 11) is 1.47. The molecule has 3 N–H and O–H groups in total. The molecule has 6 nitrogen and oxygen atoms in total. The van der Waals surface area contributed by atoms with E-state index >= 15 is 0 Å². The number of aliphatic hydroxyl groups excluding tert-OH is 1. The van der Waals surface area contributed by atoms with E-state index in [-0.39, 0.29) is 24.8 Å². The Hall–Kier alpha value is -1.66. The number of aliphatic hydroxyl groups is 1. The topological polar surface area (TPSA) is 98.6 Å². The van der Waals surface area contributed by atoms with Crippen LogP contribution in [0.5, 0.6) is 5.75 Å². The molecule has 6 heteroatoms. The number of hydrogen-bond donors (Lipinski definition) is 2. The lowest BCUT2D eigenvalue weighted by atomic mass is 9.98. The van der Waals surface area contributed by atoms with E-state index in [1.165, 1.54) is 25.3 Å². The highest BCUT2D eigenvalue weighted by molar-refractivity contribution is 5.45. The third-order valence-electron chi connectivity index (χ3n) is 2.37. The van der Waals surface area contributed by atoms with E-state index in [1.54, 1.807) is 0 Å². The van der Waals surface area contributed by atoms with Crippen molar-refractivity contribution in [3.8, 4) is 5.75 Å². The average molecular weight is 226 g/mol. The fourth-order valence-electron chi connectivity index (χ4n) is 1.45. The highest BCUT2D eigenvalue weighted by atomic mass is 16.6. The van der Waals surface area contributed by atoms with Gasteiger partial charge in [-0.1, -0.05) is 0 Å². The summed E-state index contributed by atoms with van der Waals surface area (Å²) in [5.41, 5.74) is 6.00. The lowest BCUT2D eigenvalue weighted by molar-refractivity contribution is -0.385. The van der Waals surface area contributed by atoms with Gasteiger partial charge in [0.1, 0.15) is 5.75 Å². The third-order valence-corrected chi connectivity index (χ3v) is 2.37. The van der Waals surface area contributed by atoms with Crippen molar-refractivity contribution in [3.05, 3.63) is 33.9 Å². The molecule has 88 valence electrons. The van der Waals surface area contributed by atoms with Crippen LogP contribution in [0.4, 0.5) is 5.69 Å². The van der Waals surface area contributed by atoms with Crippen LogP contribution in [-0.2, 0) is 0 Å². The summed E-state index contributed by atoms with van der Waals surface area (Å²) in [6.07, 6.45) is 0. The second-order valence-electron chi connectivity index (χ2n) is 3.30. The molecule has 0 saturated carbocycles. The van der Waals surface area contributed by atoms with Gasteiger partial charge in [-0.05, 0) is 6.07 Å². The fraction of sp³-hybridized carbons (Fsp3) is 0.400. The number of nitro benzene ring substituents is 1. The Labute approximate surface area is 92.8 Å². The Balaban J connectivity index is 3.20. The predicted molar refractivity (Wildman–Crippen MR) is 58.5 cm³/mol. The lowest BCUT2D eigenvalue weighted by Crippen LogP contribution is -2.17. The van der Waals surface area contributed by atoms with Gasteiger partial charge in [0, 0.05) is 30.2 Å². The molecule has 0 radical (unpaired) electrons. The van der Waals surface area contributed by atoms with Gasteiger partial charge in [0.05, 0.1) is 18.6 Å². The van der Waals surface area contributed by atoms with Crippen LogP contribution in [0.25, 0.3) is 0 Å². The number of methoxy groups -OCH3 is 1. The smallest absolute Gasteiger partial charge is 0.269 e. The van der Waals surface area contributed by atoms with Gasteiger partial charge < -0.3 is 15.6 Å². The molecule has 0 aliphatic heterocycles. The van der Waals surface area contributed by atoms with Crippen molar-refractivity contribution >= 4 is 5.69 Å². The monoisotopic (exact) mass is 226 g/mol. The summed E-state index contributed by atoms with van der Waals surface area (Å²) in [4.78, 5) is 10.1. The summed E-state index contributed by atoms with van der Waals surface area (Å²) in [5, 5.41) is 19.7. The van der Waals surface area contributed by atoms with Crippen molar-refractivity contribution in [2.24, 2.45) is 5.73 Å². The Morgan fingerprint density at radius 2 is 2.31 bits per heavy atom. The minimum absolute atomic E-state index is 0.0392. The van der Waals surface area contributed by atoms with E-state index in [9.17, 15) is 10.1 Å². The van der Waals surface area contributed by atoms with E-state index in [0.29, 0.717) is 11.3 Å². The molecule has 16 heavy (non-hydrogen) atoms. The molecule has 1 atom stereocenters. The van der Waals surface area contributed by atoms with E-state index in [4.69, 9.17) is 15.6 Å². The standard InChI is InChI=1S/C10H14N2O4/c1-16-10-3-2-8(12(14)15)4-9(10)7(5-11)6-13/h2-4,7,13H,5-6,11H2,1H3. The molecule has 0 amide bonds. The number of non-ortho nitro benzene ring substituents is 1. The van der Waals surface area contributed by atoms with E-state index < -0.39 is 4.92 Å². The molecule has 0 saturated heterocycles. The molecule has 1 aromatic carbocycles. The molecule has 0 heterocycles. The first-order valence-corrected chi connectivity index (χ1v) is 4.77. The minimum atomic E-state index is -0.492. The van der Waals surface area contributed by atoms with E-state index in [2.05, 4.69) is 0 Å². The predicted octanol–water partition coefficient (Wildman–Crippen LogP) is 0.638. The van der Waals surface area contributed by atoms with Crippen LogP contribution in [0.1, 0.15) is 11.5 Å². The normalized spacial score (nSPS) is 12.2. The van der Waals surface area contributed by atoms with Gasteiger partial charge in [0.15, 0.2) is 0 Å². The highest BCUT2D eigenvalue weighted by Gasteiger charge is 2.18. The number of rotatable bonds is 5. The van der Waals surface area contributed by atoms with Crippen molar-refractivity contribution in [3.63, 3.8) is 0 Å². The Kier molecular flexibility index (Phi) is 4.21. The van der Waals surface area contributed by atoms with Crippen LogP contribution in [0, 0.1) is 10.1 Å². The van der Waals surface area contributed by atoms with E-state index in [1.807, 2.05) is 0 Å². The maximum atomic E-state index is 10.6. The summed E-state index contributed by atoms with van der Waals surface area (Å²) in [5.74, 6) is 0.143. The molecule has 0 aromatic heterocycles. The minimum Gasteiger partial charge on any atom is -0.496 e. The Bertz CT molecular complexity index is 377. The molecule has 1 unspecified atom stereocenters. The molecule has 1 aromatic rings. The van der Waals surface area contributed by atoms with Crippen LogP contribution >= 0.6 is 0 Å². The number of ether oxygens (including phenoxy) is 1.